The van der Waals surface area contributed by atoms with Gasteiger partial charge in [0.25, 0.3) is 5.56 Å². The average molecular weight is 418 g/mol. The smallest absolute Gasteiger partial charge is 0.291 e. The van der Waals surface area contributed by atoms with Gasteiger partial charge in [-0.25, -0.2) is 4.68 Å². The molecule has 160 valence electrons. The molecule has 1 heterocycles. The second-order valence-electron chi connectivity index (χ2n) is 7.83. The van der Waals surface area contributed by atoms with Crippen molar-refractivity contribution in [1.29, 1.82) is 0 Å². The summed E-state index contributed by atoms with van der Waals surface area (Å²) < 4.78 is 1.08. The van der Waals surface area contributed by atoms with Gasteiger partial charge in [0.1, 0.15) is 12.2 Å². The second kappa shape index (κ2) is 9.38. The Morgan fingerprint density at radius 1 is 0.935 bits per heavy atom. The van der Waals surface area contributed by atoms with Crippen LogP contribution in [0.3, 0.4) is 0 Å². The Morgan fingerprint density at radius 2 is 1.52 bits per heavy atom. The van der Waals surface area contributed by atoms with Gasteiger partial charge in [0.15, 0.2) is 0 Å². The minimum Gasteiger partial charge on any atom is -0.324 e. The van der Waals surface area contributed by atoms with Crippen LogP contribution in [0.15, 0.2) is 59.4 Å². The molecule has 0 aliphatic heterocycles. The topological polar surface area (TPSA) is 93.1 Å². The molecule has 0 spiro atoms. The maximum atomic E-state index is 12.9. The molecule has 31 heavy (non-hydrogen) atoms. The molecule has 3 aromatic rings. The first kappa shape index (κ1) is 22.0. The van der Waals surface area contributed by atoms with E-state index in [0.717, 1.165) is 21.4 Å². The standard InChI is InChI=1S/C24H26N4O3/c1-15(2)23(30)26-21-13-20(18-9-5-16(3)6-10-18)27-28(24(21)31)14-22(29)25-19-11-7-17(4)8-12-19/h5-13,15H,14H2,1-4H3,(H,25,29)(H,26,30). The Morgan fingerprint density at radius 3 is 2.10 bits per heavy atom. The minimum absolute atomic E-state index is 0.0902. The summed E-state index contributed by atoms with van der Waals surface area (Å²) in [5.74, 6) is -0.969. The molecule has 2 amide bonds. The molecular weight excluding hydrogens is 392 g/mol. The molecular formula is C24H26N4O3. The molecule has 0 unspecified atom stereocenters. The molecule has 0 saturated heterocycles. The van der Waals surface area contributed by atoms with E-state index < -0.39 is 5.56 Å². The van der Waals surface area contributed by atoms with Gasteiger partial charge in [-0.2, -0.15) is 5.10 Å². The van der Waals surface area contributed by atoms with Gasteiger partial charge in [0.05, 0.1) is 5.69 Å². The van der Waals surface area contributed by atoms with Crippen molar-refractivity contribution in [2.24, 2.45) is 5.92 Å². The van der Waals surface area contributed by atoms with E-state index in [1.807, 2.05) is 50.2 Å². The summed E-state index contributed by atoms with van der Waals surface area (Å²) in [6.45, 7) is 7.13. The first-order valence-corrected chi connectivity index (χ1v) is 10.1. The summed E-state index contributed by atoms with van der Waals surface area (Å²) in [4.78, 5) is 37.7. The van der Waals surface area contributed by atoms with E-state index in [0.29, 0.717) is 11.4 Å². The zero-order chi connectivity index (χ0) is 22.5. The number of nitrogens with zero attached hydrogens (tertiary/aromatic N) is 2. The Bertz CT molecular complexity index is 1150. The fraction of sp³-hybridized carbons (Fsp3) is 0.250. The van der Waals surface area contributed by atoms with Gasteiger partial charge in [-0.3, -0.25) is 14.4 Å². The molecule has 7 heteroatoms. The molecule has 0 saturated carbocycles. The quantitative estimate of drug-likeness (QED) is 0.637. The molecule has 0 aliphatic carbocycles. The van der Waals surface area contributed by atoms with E-state index in [9.17, 15) is 14.4 Å². The molecule has 7 nitrogen and oxygen atoms in total. The van der Waals surface area contributed by atoms with Crippen LogP contribution in [0.1, 0.15) is 25.0 Å². The van der Waals surface area contributed by atoms with Crippen molar-refractivity contribution in [3.63, 3.8) is 0 Å². The van der Waals surface area contributed by atoms with Crippen LogP contribution in [0.4, 0.5) is 11.4 Å². The van der Waals surface area contributed by atoms with Crippen LogP contribution in [0.2, 0.25) is 0 Å². The Labute approximate surface area is 181 Å². The maximum Gasteiger partial charge on any atom is 0.291 e. The van der Waals surface area contributed by atoms with Crippen molar-refractivity contribution in [3.05, 3.63) is 76.1 Å². The first-order chi connectivity index (χ1) is 14.7. The van der Waals surface area contributed by atoms with Crippen molar-refractivity contribution >= 4 is 23.2 Å². The molecule has 1 aromatic heterocycles. The first-order valence-electron chi connectivity index (χ1n) is 10.1. The predicted octanol–water partition coefficient (Wildman–Crippen LogP) is 3.76. The molecule has 2 aromatic carbocycles. The molecule has 0 fully saturated rings. The highest BCUT2D eigenvalue weighted by Gasteiger charge is 2.16. The fourth-order valence-corrected chi connectivity index (χ4v) is 2.85. The number of amides is 2. The van der Waals surface area contributed by atoms with Crippen LogP contribution in [-0.2, 0) is 16.1 Å². The number of anilines is 2. The zero-order valence-corrected chi connectivity index (χ0v) is 18.1. The van der Waals surface area contributed by atoms with Gasteiger partial charge >= 0.3 is 0 Å². The Hall–Kier alpha value is -3.74. The summed E-state index contributed by atoms with van der Waals surface area (Å²) in [6, 6.07) is 16.5. The predicted molar refractivity (Wildman–Crippen MR) is 122 cm³/mol. The molecule has 0 atom stereocenters. The minimum atomic E-state index is -0.538. The summed E-state index contributed by atoms with van der Waals surface area (Å²) in [5.41, 5.74) is 3.61. The van der Waals surface area contributed by atoms with E-state index in [4.69, 9.17) is 0 Å². The van der Waals surface area contributed by atoms with E-state index in [1.165, 1.54) is 0 Å². The third-order valence-corrected chi connectivity index (χ3v) is 4.73. The van der Waals surface area contributed by atoms with Crippen molar-refractivity contribution < 1.29 is 9.59 Å². The van der Waals surface area contributed by atoms with Gasteiger partial charge in [0.2, 0.25) is 11.8 Å². The molecule has 3 rings (SSSR count). The van der Waals surface area contributed by atoms with E-state index in [-0.39, 0.29) is 30.0 Å². The highest BCUT2D eigenvalue weighted by atomic mass is 16.2. The lowest BCUT2D eigenvalue weighted by molar-refractivity contribution is -0.119. The third kappa shape index (κ3) is 5.66. The lowest BCUT2D eigenvalue weighted by Gasteiger charge is -2.13. The highest BCUT2D eigenvalue weighted by Crippen LogP contribution is 2.19. The van der Waals surface area contributed by atoms with Crippen LogP contribution >= 0.6 is 0 Å². The lowest BCUT2D eigenvalue weighted by Crippen LogP contribution is -2.33. The average Bonchev–Trinajstić information content (AvgIpc) is 2.73. The number of hydrogen-bond acceptors (Lipinski definition) is 4. The van der Waals surface area contributed by atoms with Crippen LogP contribution in [0.25, 0.3) is 11.3 Å². The van der Waals surface area contributed by atoms with Crippen LogP contribution in [-0.4, -0.2) is 21.6 Å². The number of rotatable bonds is 6. The number of carbonyl (C=O) groups excluding carboxylic acids is 2. The second-order valence-corrected chi connectivity index (χ2v) is 7.83. The van der Waals surface area contributed by atoms with Crippen molar-refractivity contribution in [3.8, 4) is 11.3 Å². The van der Waals surface area contributed by atoms with Crippen LogP contribution in [0, 0.1) is 19.8 Å². The van der Waals surface area contributed by atoms with Gasteiger partial charge in [-0.1, -0.05) is 61.4 Å². The number of nitrogens with one attached hydrogen (secondary N) is 2. The van der Waals surface area contributed by atoms with Gasteiger partial charge in [0, 0.05) is 17.2 Å². The number of aromatic nitrogens is 2. The largest absolute Gasteiger partial charge is 0.324 e. The highest BCUT2D eigenvalue weighted by molar-refractivity contribution is 5.93. The summed E-state index contributed by atoms with van der Waals surface area (Å²) >= 11 is 0. The third-order valence-electron chi connectivity index (χ3n) is 4.73. The van der Waals surface area contributed by atoms with Gasteiger partial charge in [-0.05, 0) is 32.0 Å². The summed E-state index contributed by atoms with van der Waals surface area (Å²) in [6.07, 6.45) is 0. The number of benzene rings is 2. The van der Waals surface area contributed by atoms with Crippen LogP contribution < -0.4 is 16.2 Å². The zero-order valence-electron chi connectivity index (χ0n) is 18.1. The monoisotopic (exact) mass is 418 g/mol. The van der Waals surface area contributed by atoms with Crippen molar-refractivity contribution in [2.75, 3.05) is 10.6 Å². The SMILES string of the molecule is Cc1ccc(NC(=O)Cn2nc(-c3ccc(C)cc3)cc(NC(=O)C(C)C)c2=O)cc1. The molecule has 0 aliphatic rings. The van der Waals surface area contributed by atoms with Crippen LogP contribution in [0.5, 0.6) is 0 Å². The van der Waals surface area contributed by atoms with E-state index >= 15 is 0 Å². The summed E-state index contributed by atoms with van der Waals surface area (Å²) in [7, 11) is 0. The molecule has 0 bridgehead atoms. The number of aryl methyl sites for hydroxylation is 2. The van der Waals surface area contributed by atoms with Crippen molar-refractivity contribution in [1.82, 2.24) is 9.78 Å². The molecule has 2 N–H and O–H groups in total. The van der Waals surface area contributed by atoms with Crippen molar-refractivity contribution in [2.45, 2.75) is 34.2 Å². The van der Waals surface area contributed by atoms with Gasteiger partial charge < -0.3 is 10.6 Å². The lowest BCUT2D eigenvalue weighted by atomic mass is 10.1. The number of hydrogen-bond donors (Lipinski definition) is 2. The summed E-state index contributed by atoms with van der Waals surface area (Å²) in [5, 5.41) is 9.79. The molecule has 0 radical (unpaired) electrons. The maximum absolute atomic E-state index is 12.9. The number of carbonyl (C=O) groups is 2. The fourth-order valence-electron chi connectivity index (χ4n) is 2.85. The van der Waals surface area contributed by atoms with Gasteiger partial charge in [-0.15, -0.1) is 0 Å². The Balaban J connectivity index is 1.94. The Kier molecular flexibility index (Phi) is 6.65. The van der Waals surface area contributed by atoms with E-state index in [2.05, 4.69) is 15.7 Å². The normalized spacial score (nSPS) is 10.7. The van der Waals surface area contributed by atoms with E-state index in [1.54, 1.807) is 32.0 Å².